The molecule has 4 nitrogen and oxygen atoms in total. The van der Waals surface area contributed by atoms with E-state index >= 15 is 0 Å². The third kappa shape index (κ3) is 4.08. The first-order valence-electron chi connectivity index (χ1n) is 10.0. The number of nitrogens with one attached hydrogen (secondary N) is 2. The van der Waals surface area contributed by atoms with Crippen LogP contribution in [0.4, 0.5) is 5.69 Å². The second kappa shape index (κ2) is 8.55. The van der Waals surface area contributed by atoms with E-state index in [4.69, 9.17) is 0 Å². The van der Waals surface area contributed by atoms with Crippen LogP contribution in [0.25, 0.3) is 11.1 Å². The fraction of sp³-hybridized carbons (Fsp3) is 0.292. The van der Waals surface area contributed by atoms with Crippen LogP contribution in [-0.2, 0) is 0 Å². The highest BCUT2D eigenvalue weighted by Gasteiger charge is 2.15. The Balaban J connectivity index is 1.46. The third-order valence-corrected chi connectivity index (χ3v) is 5.56. The van der Waals surface area contributed by atoms with Gasteiger partial charge in [0.25, 0.3) is 5.91 Å². The number of hydrogen-bond acceptors (Lipinski definition) is 3. The predicted molar refractivity (Wildman–Crippen MR) is 117 cm³/mol. The van der Waals surface area contributed by atoms with Gasteiger partial charge in [-0.2, -0.15) is 0 Å². The average molecular weight is 374 g/mol. The molecule has 4 heteroatoms. The van der Waals surface area contributed by atoms with Crippen molar-refractivity contribution in [3.63, 3.8) is 0 Å². The molecule has 0 radical (unpaired) electrons. The zero-order valence-corrected chi connectivity index (χ0v) is 16.4. The van der Waals surface area contributed by atoms with Gasteiger partial charge in [0.15, 0.2) is 0 Å². The molecule has 0 aromatic heterocycles. The summed E-state index contributed by atoms with van der Waals surface area (Å²) in [7, 11) is 1.84. The Morgan fingerprint density at radius 2 is 1.29 bits per heavy atom. The van der Waals surface area contributed by atoms with Gasteiger partial charge in [0, 0.05) is 31.4 Å². The molecule has 2 aliphatic heterocycles. The number of amides is 1. The highest BCUT2D eigenvalue weighted by Crippen LogP contribution is 2.24. The van der Waals surface area contributed by atoms with Crippen molar-refractivity contribution in [3.05, 3.63) is 77.4 Å². The lowest BCUT2D eigenvalue weighted by Gasteiger charge is -2.20. The van der Waals surface area contributed by atoms with Crippen LogP contribution in [0.1, 0.15) is 34.3 Å². The molecule has 2 N–H and O–H groups in total. The van der Waals surface area contributed by atoms with Gasteiger partial charge >= 0.3 is 0 Å². The van der Waals surface area contributed by atoms with Gasteiger partial charge in [-0.15, -0.1) is 0 Å². The van der Waals surface area contributed by atoms with E-state index in [1.165, 1.54) is 22.3 Å². The van der Waals surface area contributed by atoms with E-state index in [0.717, 1.165) is 44.7 Å². The Labute approximate surface area is 166 Å². The summed E-state index contributed by atoms with van der Waals surface area (Å²) in [5.74, 6) is 0.0136. The van der Waals surface area contributed by atoms with Crippen molar-refractivity contribution in [1.82, 2.24) is 10.6 Å². The van der Waals surface area contributed by atoms with Crippen molar-refractivity contribution in [2.24, 2.45) is 0 Å². The summed E-state index contributed by atoms with van der Waals surface area (Å²) >= 11 is 0. The molecule has 1 amide bonds. The molecular formula is C24H27N3O. The number of carbonyl (C=O) groups excluding carboxylic acids is 1. The van der Waals surface area contributed by atoms with E-state index in [9.17, 15) is 4.79 Å². The van der Waals surface area contributed by atoms with Crippen molar-refractivity contribution in [1.29, 1.82) is 0 Å². The SMILES string of the molecule is CN(C(=O)c1ccc(C2=CCNCC2)cc1)c1ccc(C2=CCNCC2)cc1. The summed E-state index contributed by atoms with van der Waals surface area (Å²) in [5.41, 5.74) is 6.81. The molecule has 0 unspecified atom stereocenters. The maximum absolute atomic E-state index is 12.9. The van der Waals surface area contributed by atoms with E-state index < -0.39 is 0 Å². The molecule has 144 valence electrons. The van der Waals surface area contributed by atoms with Gasteiger partial charge in [-0.25, -0.2) is 0 Å². The van der Waals surface area contributed by atoms with E-state index in [0.29, 0.717) is 5.56 Å². The lowest BCUT2D eigenvalue weighted by Crippen LogP contribution is -2.26. The highest BCUT2D eigenvalue weighted by molar-refractivity contribution is 6.05. The van der Waals surface area contributed by atoms with Crippen LogP contribution >= 0.6 is 0 Å². The number of nitrogens with zero attached hydrogens (tertiary/aromatic N) is 1. The summed E-state index contributed by atoms with van der Waals surface area (Å²) in [5, 5.41) is 6.66. The van der Waals surface area contributed by atoms with Crippen molar-refractivity contribution in [2.75, 3.05) is 38.1 Å². The minimum atomic E-state index is 0.0136. The van der Waals surface area contributed by atoms with Gasteiger partial charge in [-0.1, -0.05) is 36.4 Å². The highest BCUT2D eigenvalue weighted by atomic mass is 16.2. The molecule has 28 heavy (non-hydrogen) atoms. The second-order valence-corrected chi connectivity index (χ2v) is 7.36. The molecule has 0 atom stereocenters. The maximum Gasteiger partial charge on any atom is 0.258 e. The summed E-state index contributed by atoms with van der Waals surface area (Å²) in [4.78, 5) is 14.6. The molecule has 0 spiro atoms. The van der Waals surface area contributed by atoms with E-state index in [-0.39, 0.29) is 5.91 Å². The first-order valence-corrected chi connectivity index (χ1v) is 10.0. The fourth-order valence-electron chi connectivity index (χ4n) is 3.81. The molecule has 4 rings (SSSR count). The van der Waals surface area contributed by atoms with Crippen LogP contribution in [-0.4, -0.2) is 39.1 Å². The van der Waals surface area contributed by atoms with E-state index in [1.54, 1.807) is 4.90 Å². The first-order chi connectivity index (χ1) is 13.7. The van der Waals surface area contributed by atoms with Crippen molar-refractivity contribution in [3.8, 4) is 0 Å². The molecule has 2 aromatic carbocycles. The Kier molecular flexibility index (Phi) is 5.70. The molecule has 2 aliphatic rings. The Morgan fingerprint density at radius 1 is 0.786 bits per heavy atom. The quantitative estimate of drug-likeness (QED) is 0.859. The summed E-state index contributed by atoms with van der Waals surface area (Å²) in [6.45, 7) is 3.88. The monoisotopic (exact) mass is 373 g/mol. The number of rotatable bonds is 4. The second-order valence-electron chi connectivity index (χ2n) is 7.36. The van der Waals surface area contributed by atoms with Crippen LogP contribution in [0.15, 0.2) is 60.7 Å². The fourth-order valence-corrected chi connectivity index (χ4v) is 3.81. The largest absolute Gasteiger partial charge is 0.313 e. The van der Waals surface area contributed by atoms with Crippen molar-refractivity contribution >= 4 is 22.7 Å². The van der Waals surface area contributed by atoms with Gasteiger partial charge < -0.3 is 15.5 Å². The molecule has 0 saturated heterocycles. The third-order valence-electron chi connectivity index (χ3n) is 5.56. The zero-order valence-electron chi connectivity index (χ0n) is 16.4. The number of anilines is 1. The average Bonchev–Trinajstić information content (AvgIpc) is 2.79. The lowest BCUT2D eigenvalue weighted by molar-refractivity contribution is 0.0993. The minimum absolute atomic E-state index is 0.0136. The molecule has 0 bridgehead atoms. The van der Waals surface area contributed by atoms with Crippen molar-refractivity contribution < 1.29 is 4.79 Å². The van der Waals surface area contributed by atoms with E-state index in [2.05, 4.69) is 47.1 Å². The molecule has 0 saturated carbocycles. The molecular weight excluding hydrogens is 346 g/mol. The van der Waals surface area contributed by atoms with Gasteiger partial charge in [-0.05, 0) is 72.5 Å². The lowest BCUT2D eigenvalue weighted by atomic mass is 9.98. The summed E-state index contributed by atoms with van der Waals surface area (Å²) in [6.07, 6.45) is 6.55. The number of benzene rings is 2. The molecule has 2 aromatic rings. The minimum Gasteiger partial charge on any atom is -0.313 e. The Morgan fingerprint density at radius 3 is 1.75 bits per heavy atom. The Bertz CT molecular complexity index is 894. The van der Waals surface area contributed by atoms with Gasteiger partial charge in [-0.3, -0.25) is 4.79 Å². The zero-order chi connectivity index (χ0) is 19.3. The number of carbonyl (C=O) groups is 1. The van der Waals surface area contributed by atoms with Crippen LogP contribution in [0.3, 0.4) is 0 Å². The van der Waals surface area contributed by atoms with E-state index in [1.807, 2.05) is 31.3 Å². The topological polar surface area (TPSA) is 44.4 Å². The van der Waals surface area contributed by atoms with Gasteiger partial charge in [0.1, 0.15) is 0 Å². The molecule has 0 fully saturated rings. The van der Waals surface area contributed by atoms with Crippen LogP contribution in [0.2, 0.25) is 0 Å². The number of hydrogen-bond donors (Lipinski definition) is 2. The van der Waals surface area contributed by atoms with Crippen LogP contribution in [0.5, 0.6) is 0 Å². The molecule has 0 aliphatic carbocycles. The Hall–Kier alpha value is -2.69. The standard InChI is InChI=1S/C24H27N3O/c1-27(23-8-6-19(7-9-23)21-12-16-26-17-13-21)24(28)22-4-2-18(3-5-22)20-10-14-25-15-11-20/h2-10,12,25-26H,11,13-17H2,1H3. The smallest absolute Gasteiger partial charge is 0.258 e. The normalized spacial score (nSPS) is 16.9. The first kappa shape index (κ1) is 18.7. The summed E-state index contributed by atoms with van der Waals surface area (Å²) in [6, 6.07) is 16.3. The van der Waals surface area contributed by atoms with Gasteiger partial charge in [0.05, 0.1) is 0 Å². The predicted octanol–water partition coefficient (Wildman–Crippen LogP) is 3.72. The summed E-state index contributed by atoms with van der Waals surface area (Å²) < 4.78 is 0. The van der Waals surface area contributed by atoms with Gasteiger partial charge in [0.2, 0.25) is 0 Å². The van der Waals surface area contributed by atoms with Crippen molar-refractivity contribution in [2.45, 2.75) is 12.8 Å². The molecule has 2 heterocycles. The maximum atomic E-state index is 12.9. The van der Waals surface area contributed by atoms with Crippen LogP contribution in [0, 0.1) is 0 Å². The van der Waals surface area contributed by atoms with Crippen LogP contribution < -0.4 is 15.5 Å².